The molecule has 0 unspecified atom stereocenters. The zero-order valence-electron chi connectivity index (χ0n) is 15.9. The molecule has 1 amide bonds. The number of esters is 1. The summed E-state index contributed by atoms with van der Waals surface area (Å²) in [5.74, 6) is -1.38. The predicted molar refractivity (Wildman–Crippen MR) is 109 cm³/mol. The van der Waals surface area contributed by atoms with Crippen molar-refractivity contribution in [3.63, 3.8) is 0 Å². The van der Waals surface area contributed by atoms with Gasteiger partial charge in [0.05, 0.1) is 18.7 Å². The molecule has 0 spiro atoms. The van der Waals surface area contributed by atoms with E-state index >= 15 is 0 Å². The summed E-state index contributed by atoms with van der Waals surface area (Å²) in [7, 11) is 1.30. The van der Waals surface area contributed by atoms with E-state index in [-0.39, 0.29) is 0 Å². The fourth-order valence-corrected chi connectivity index (χ4v) is 3.22. The largest absolute Gasteiger partial charge is 0.467 e. The van der Waals surface area contributed by atoms with Crippen molar-refractivity contribution in [2.75, 3.05) is 7.11 Å². The topological polar surface area (TPSA) is 79.2 Å². The molecule has 5 nitrogen and oxygen atoms in total. The normalized spacial score (nSPS) is 11.3. The highest BCUT2D eigenvalue weighted by molar-refractivity contribution is 5.97. The molecule has 0 heterocycles. The second-order valence-corrected chi connectivity index (χ2v) is 6.46. The van der Waals surface area contributed by atoms with Crippen LogP contribution in [0.25, 0.3) is 0 Å². The number of nitrogens with one attached hydrogen (secondary N) is 1. The van der Waals surface area contributed by atoms with Crippen LogP contribution in [0.3, 0.4) is 0 Å². The molecule has 1 N–H and O–H groups in total. The first-order valence-corrected chi connectivity index (χ1v) is 9.12. The van der Waals surface area contributed by atoms with Gasteiger partial charge in [-0.15, -0.1) is 0 Å². The molecular weight excluding hydrogens is 364 g/mol. The number of nitrogens with zero attached hydrogens (tertiary/aromatic N) is 1. The SMILES string of the molecule is COC(=O)[C@@H](NC(=O)c1ccc(C#N)cc1)C(c1ccccc1)c1ccccc1. The van der Waals surface area contributed by atoms with Gasteiger partial charge in [0.2, 0.25) is 0 Å². The van der Waals surface area contributed by atoms with Gasteiger partial charge >= 0.3 is 5.97 Å². The molecule has 0 aliphatic heterocycles. The number of carbonyl (C=O) groups excluding carboxylic acids is 2. The highest BCUT2D eigenvalue weighted by Gasteiger charge is 2.33. The van der Waals surface area contributed by atoms with Crippen LogP contribution in [0.4, 0.5) is 0 Å². The molecule has 0 fully saturated rings. The van der Waals surface area contributed by atoms with Gasteiger partial charge in [-0.25, -0.2) is 4.79 Å². The van der Waals surface area contributed by atoms with Gasteiger partial charge in [0.15, 0.2) is 0 Å². The van der Waals surface area contributed by atoms with Gasteiger partial charge in [0, 0.05) is 11.5 Å². The third-order valence-electron chi connectivity index (χ3n) is 4.67. The fraction of sp³-hybridized carbons (Fsp3) is 0.125. The van der Waals surface area contributed by atoms with Crippen molar-refractivity contribution in [2.45, 2.75) is 12.0 Å². The molecule has 0 aliphatic rings. The first-order chi connectivity index (χ1) is 14.1. The van der Waals surface area contributed by atoms with Crippen molar-refractivity contribution in [1.82, 2.24) is 5.32 Å². The van der Waals surface area contributed by atoms with Crippen LogP contribution in [0.5, 0.6) is 0 Å². The Morgan fingerprint density at radius 2 is 1.38 bits per heavy atom. The minimum Gasteiger partial charge on any atom is -0.467 e. The van der Waals surface area contributed by atoms with E-state index in [1.165, 1.54) is 7.11 Å². The number of rotatable bonds is 6. The minimum atomic E-state index is -0.923. The molecule has 5 heteroatoms. The molecule has 29 heavy (non-hydrogen) atoms. The third kappa shape index (κ3) is 4.69. The van der Waals surface area contributed by atoms with E-state index in [9.17, 15) is 9.59 Å². The number of hydrogen-bond acceptors (Lipinski definition) is 4. The smallest absolute Gasteiger partial charge is 0.329 e. The first kappa shape index (κ1) is 19.8. The van der Waals surface area contributed by atoms with Gasteiger partial charge in [-0.3, -0.25) is 4.79 Å². The van der Waals surface area contributed by atoms with E-state index in [2.05, 4.69) is 5.32 Å². The lowest BCUT2D eigenvalue weighted by atomic mass is 9.84. The van der Waals surface area contributed by atoms with Gasteiger partial charge in [-0.2, -0.15) is 5.26 Å². The Bertz CT molecular complexity index is 970. The number of hydrogen-bond donors (Lipinski definition) is 1. The summed E-state index contributed by atoms with van der Waals surface area (Å²) in [6, 6.07) is 26.4. The summed E-state index contributed by atoms with van der Waals surface area (Å²) in [6.45, 7) is 0. The van der Waals surface area contributed by atoms with Crippen molar-refractivity contribution in [3.8, 4) is 6.07 Å². The quantitative estimate of drug-likeness (QED) is 0.658. The maximum atomic E-state index is 12.8. The van der Waals surface area contributed by atoms with Crippen molar-refractivity contribution in [2.24, 2.45) is 0 Å². The van der Waals surface area contributed by atoms with Crippen LogP contribution in [-0.2, 0) is 9.53 Å². The molecule has 0 saturated carbocycles. The average Bonchev–Trinajstić information content (AvgIpc) is 2.79. The highest BCUT2D eigenvalue weighted by atomic mass is 16.5. The number of ether oxygens (including phenoxy) is 1. The van der Waals surface area contributed by atoms with Crippen LogP contribution >= 0.6 is 0 Å². The van der Waals surface area contributed by atoms with Crippen molar-refractivity contribution >= 4 is 11.9 Å². The number of amides is 1. The monoisotopic (exact) mass is 384 g/mol. The summed E-state index contributed by atoms with van der Waals surface area (Å²) in [6.07, 6.45) is 0. The van der Waals surface area contributed by atoms with Crippen molar-refractivity contribution < 1.29 is 14.3 Å². The summed E-state index contributed by atoms with van der Waals surface area (Å²) >= 11 is 0. The molecule has 3 aromatic carbocycles. The standard InChI is InChI=1S/C24H20N2O3/c1-29-24(28)22(26-23(27)20-14-12-17(16-25)13-15-20)21(18-8-4-2-5-9-18)19-10-6-3-7-11-19/h2-15,21-22H,1H3,(H,26,27)/t22-/m0/s1. The molecule has 3 aromatic rings. The van der Waals surface area contributed by atoms with E-state index in [0.717, 1.165) is 11.1 Å². The Balaban J connectivity index is 1.99. The Labute approximate surface area is 169 Å². The number of benzene rings is 3. The van der Waals surface area contributed by atoms with Crippen LogP contribution in [-0.4, -0.2) is 25.0 Å². The Hall–Kier alpha value is -3.91. The van der Waals surface area contributed by atoms with Crippen LogP contribution in [0.2, 0.25) is 0 Å². The van der Waals surface area contributed by atoms with E-state index in [1.807, 2.05) is 66.7 Å². The van der Waals surface area contributed by atoms with Gasteiger partial charge in [0.1, 0.15) is 6.04 Å². The second kappa shape index (κ2) is 9.34. The summed E-state index contributed by atoms with van der Waals surface area (Å²) in [5.41, 5.74) is 2.58. The lowest BCUT2D eigenvalue weighted by Gasteiger charge is -2.27. The van der Waals surface area contributed by atoms with Crippen LogP contribution in [0.1, 0.15) is 33.0 Å². The Kier molecular flexibility index (Phi) is 6.39. The van der Waals surface area contributed by atoms with Gasteiger partial charge in [0.25, 0.3) is 5.91 Å². The summed E-state index contributed by atoms with van der Waals surface area (Å²) in [4.78, 5) is 25.5. The van der Waals surface area contributed by atoms with E-state index < -0.39 is 23.8 Å². The fourth-order valence-electron chi connectivity index (χ4n) is 3.22. The number of nitriles is 1. The molecule has 0 radical (unpaired) electrons. The predicted octanol–water partition coefficient (Wildman–Crippen LogP) is 3.66. The minimum absolute atomic E-state index is 0.359. The average molecular weight is 384 g/mol. The molecule has 0 aromatic heterocycles. The maximum absolute atomic E-state index is 12.8. The van der Waals surface area contributed by atoms with Gasteiger partial charge in [-0.1, -0.05) is 60.7 Å². The number of methoxy groups -OCH3 is 1. The number of carbonyl (C=O) groups is 2. The third-order valence-corrected chi connectivity index (χ3v) is 4.67. The van der Waals surface area contributed by atoms with E-state index in [0.29, 0.717) is 11.1 Å². The highest BCUT2D eigenvalue weighted by Crippen LogP contribution is 2.29. The van der Waals surface area contributed by atoms with Crippen LogP contribution < -0.4 is 5.32 Å². The van der Waals surface area contributed by atoms with E-state index in [4.69, 9.17) is 10.00 Å². The zero-order chi connectivity index (χ0) is 20.6. The Morgan fingerprint density at radius 3 is 1.83 bits per heavy atom. The lowest BCUT2D eigenvalue weighted by Crippen LogP contribution is -2.46. The lowest BCUT2D eigenvalue weighted by molar-refractivity contribution is -0.143. The zero-order valence-corrected chi connectivity index (χ0v) is 15.9. The van der Waals surface area contributed by atoms with Crippen molar-refractivity contribution in [1.29, 1.82) is 5.26 Å². The molecule has 3 rings (SSSR count). The Morgan fingerprint density at radius 1 is 0.862 bits per heavy atom. The summed E-state index contributed by atoms with van der Waals surface area (Å²) in [5, 5.41) is 11.8. The van der Waals surface area contributed by atoms with Crippen molar-refractivity contribution in [3.05, 3.63) is 107 Å². The molecule has 0 aliphatic carbocycles. The molecule has 144 valence electrons. The maximum Gasteiger partial charge on any atom is 0.329 e. The molecule has 0 bridgehead atoms. The first-order valence-electron chi connectivity index (χ1n) is 9.12. The van der Waals surface area contributed by atoms with Gasteiger partial charge < -0.3 is 10.1 Å². The van der Waals surface area contributed by atoms with Crippen LogP contribution in [0.15, 0.2) is 84.9 Å². The van der Waals surface area contributed by atoms with Gasteiger partial charge in [-0.05, 0) is 35.4 Å². The molecular formula is C24H20N2O3. The molecule has 0 saturated heterocycles. The van der Waals surface area contributed by atoms with Crippen LogP contribution in [0, 0.1) is 11.3 Å². The second-order valence-electron chi connectivity index (χ2n) is 6.46. The molecule has 1 atom stereocenters. The van der Waals surface area contributed by atoms with E-state index in [1.54, 1.807) is 24.3 Å². The summed E-state index contributed by atoms with van der Waals surface area (Å²) < 4.78 is 5.01.